The Bertz CT molecular complexity index is 1350. The van der Waals surface area contributed by atoms with E-state index in [9.17, 15) is 23.9 Å². The minimum absolute atomic E-state index is 0.0799. The van der Waals surface area contributed by atoms with Crippen molar-refractivity contribution in [2.75, 3.05) is 26.7 Å². The minimum Gasteiger partial charge on any atom is -0.505 e. The van der Waals surface area contributed by atoms with Gasteiger partial charge in [-0.25, -0.2) is 9.18 Å². The predicted octanol–water partition coefficient (Wildman–Crippen LogP) is 2.74. The summed E-state index contributed by atoms with van der Waals surface area (Å²) in [6.45, 7) is 1.08. The highest BCUT2D eigenvalue weighted by Crippen LogP contribution is 2.26. The summed E-state index contributed by atoms with van der Waals surface area (Å²) in [5.41, 5.74) is 0.815. The minimum atomic E-state index is -1.10. The van der Waals surface area contributed by atoms with Gasteiger partial charge in [-0.05, 0) is 55.0 Å². The zero-order valence-corrected chi connectivity index (χ0v) is 20.4. The van der Waals surface area contributed by atoms with E-state index in [1.54, 1.807) is 18.2 Å². The van der Waals surface area contributed by atoms with Crippen LogP contribution in [0.4, 0.5) is 9.18 Å². The maximum absolute atomic E-state index is 13.5. The van der Waals surface area contributed by atoms with Gasteiger partial charge in [0.2, 0.25) is 0 Å². The first-order valence-electron chi connectivity index (χ1n) is 12.1. The van der Waals surface area contributed by atoms with E-state index >= 15 is 0 Å². The number of nitrogens with zero attached hydrogens (tertiary/aromatic N) is 3. The van der Waals surface area contributed by atoms with Gasteiger partial charge in [0.05, 0.1) is 11.6 Å². The van der Waals surface area contributed by atoms with E-state index < -0.39 is 28.9 Å². The SMILES string of the molecule is CN(CCCn1c(=O)c(C(=O)NCC2CCCO2)c(O)c2ncc(Cc3ccc(F)cc3)cc21)C(=O)O. The molecule has 0 spiro atoms. The zero-order valence-electron chi connectivity index (χ0n) is 20.4. The third-order valence-corrected chi connectivity index (χ3v) is 6.40. The Hall–Kier alpha value is -3.99. The van der Waals surface area contributed by atoms with Crippen LogP contribution in [0.5, 0.6) is 5.75 Å². The monoisotopic (exact) mass is 512 g/mol. The molecule has 196 valence electrons. The first-order valence-corrected chi connectivity index (χ1v) is 12.1. The Kier molecular flexibility index (Phi) is 8.02. The Morgan fingerprint density at radius 2 is 2.03 bits per heavy atom. The molecule has 2 amide bonds. The summed E-state index contributed by atoms with van der Waals surface area (Å²) in [5, 5.41) is 22.7. The maximum atomic E-state index is 13.5. The van der Waals surface area contributed by atoms with Crippen LogP contribution in [-0.2, 0) is 17.7 Å². The largest absolute Gasteiger partial charge is 0.505 e. The van der Waals surface area contributed by atoms with E-state index in [-0.39, 0.29) is 37.1 Å². The number of halogens is 1. The predicted molar refractivity (Wildman–Crippen MR) is 133 cm³/mol. The van der Waals surface area contributed by atoms with Crippen molar-refractivity contribution >= 4 is 23.0 Å². The van der Waals surface area contributed by atoms with E-state index in [1.165, 1.54) is 29.9 Å². The molecule has 1 aliphatic rings. The highest BCUT2D eigenvalue weighted by molar-refractivity contribution is 6.01. The van der Waals surface area contributed by atoms with Crippen LogP contribution in [-0.4, -0.2) is 69.5 Å². The van der Waals surface area contributed by atoms with Gasteiger partial charge in [-0.3, -0.25) is 14.6 Å². The second-order valence-electron chi connectivity index (χ2n) is 9.10. The Labute approximate surface area is 212 Å². The van der Waals surface area contributed by atoms with Crippen LogP contribution in [0.2, 0.25) is 0 Å². The molecule has 1 aliphatic heterocycles. The van der Waals surface area contributed by atoms with Crippen molar-refractivity contribution in [3.63, 3.8) is 0 Å². The number of aryl methyl sites for hydroxylation is 1. The van der Waals surface area contributed by atoms with Gasteiger partial charge in [0, 0.05) is 39.5 Å². The van der Waals surface area contributed by atoms with Gasteiger partial charge in [0.1, 0.15) is 16.9 Å². The van der Waals surface area contributed by atoms with Gasteiger partial charge in [0.15, 0.2) is 5.75 Å². The fourth-order valence-corrected chi connectivity index (χ4v) is 4.37. The molecule has 1 unspecified atom stereocenters. The van der Waals surface area contributed by atoms with Crippen LogP contribution < -0.4 is 10.9 Å². The number of benzene rings is 1. The number of amides is 2. The molecular formula is C26H29FN4O6. The van der Waals surface area contributed by atoms with Crippen molar-refractivity contribution in [3.05, 3.63) is 69.4 Å². The molecule has 1 fully saturated rings. The number of aromatic nitrogens is 2. The summed E-state index contributed by atoms with van der Waals surface area (Å²) >= 11 is 0. The maximum Gasteiger partial charge on any atom is 0.407 e. The second kappa shape index (κ2) is 11.4. The van der Waals surface area contributed by atoms with E-state index in [0.717, 1.165) is 23.3 Å². The third-order valence-electron chi connectivity index (χ3n) is 6.40. The Morgan fingerprint density at radius 3 is 2.70 bits per heavy atom. The Balaban J connectivity index is 1.70. The summed E-state index contributed by atoms with van der Waals surface area (Å²) in [4.78, 5) is 43.0. The third kappa shape index (κ3) is 6.05. The van der Waals surface area contributed by atoms with Gasteiger partial charge in [-0.2, -0.15) is 0 Å². The number of aromatic hydroxyl groups is 1. The van der Waals surface area contributed by atoms with E-state index in [4.69, 9.17) is 9.84 Å². The van der Waals surface area contributed by atoms with Gasteiger partial charge >= 0.3 is 6.09 Å². The molecule has 3 N–H and O–H groups in total. The molecule has 3 heterocycles. The van der Waals surface area contributed by atoms with Gasteiger partial charge in [-0.1, -0.05) is 12.1 Å². The number of carboxylic acid groups (broad SMARTS) is 1. The van der Waals surface area contributed by atoms with E-state index in [1.807, 2.05) is 0 Å². The molecule has 2 aromatic heterocycles. The van der Waals surface area contributed by atoms with Gasteiger partial charge < -0.3 is 29.7 Å². The number of rotatable bonds is 9. The molecule has 0 aliphatic carbocycles. The Morgan fingerprint density at radius 1 is 1.27 bits per heavy atom. The van der Waals surface area contributed by atoms with Crippen molar-refractivity contribution in [2.45, 2.75) is 38.3 Å². The summed E-state index contributed by atoms with van der Waals surface area (Å²) in [6.07, 6.45) is 2.68. The molecule has 0 bridgehead atoms. The molecular weight excluding hydrogens is 483 g/mol. The summed E-state index contributed by atoms with van der Waals surface area (Å²) in [7, 11) is 1.42. The average Bonchev–Trinajstić information content (AvgIpc) is 3.40. The number of hydrogen-bond acceptors (Lipinski definition) is 6. The number of carbonyl (C=O) groups excluding carboxylic acids is 1. The molecule has 4 rings (SSSR count). The molecule has 1 atom stereocenters. The van der Waals surface area contributed by atoms with Crippen molar-refractivity contribution < 1.29 is 28.9 Å². The molecule has 1 aromatic carbocycles. The standard InChI is InChI=1S/C26H29FN4O6/c1-30(26(35)36)9-3-10-31-20-13-17(12-16-5-7-18(27)8-6-16)14-28-22(20)23(32)21(25(31)34)24(33)29-15-19-4-2-11-37-19/h5-8,13-14,19,32H,2-4,9-12,15H2,1H3,(H,29,33)(H,35,36). The van der Waals surface area contributed by atoms with Crippen LogP contribution in [0, 0.1) is 5.82 Å². The number of carbonyl (C=O) groups is 2. The topological polar surface area (TPSA) is 134 Å². The summed E-state index contributed by atoms with van der Waals surface area (Å²) in [6, 6.07) is 7.69. The fraction of sp³-hybridized carbons (Fsp3) is 0.385. The number of hydrogen-bond donors (Lipinski definition) is 3. The number of nitrogens with one attached hydrogen (secondary N) is 1. The summed E-state index contributed by atoms with van der Waals surface area (Å²) in [5.74, 6) is -1.60. The smallest absolute Gasteiger partial charge is 0.407 e. The lowest BCUT2D eigenvalue weighted by atomic mass is 10.0. The van der Waals surface area contributed by atoms with Crippen molar-refractivity contribution in [1.82, 2.24) is 19.8 Å². The molecule has 0 radical (unpaired) electrons. The number of fused-ring (bicyclic) bond motifs is 1. The first-order chi connectivity index (χ1) is 17.7. The van der Waals surface area contributed by atoms with Gasteiger partial charge in [-0.15, -0.1) is 0 Å². The van der Waals surface area contributed by atoms with Crippen molar-refractivity contribution in [2.24, 2.45) is 0 Å². The zero-order chi connectivity index (χ0) is 26.5. The highest BCUT2D eigenvalue weighted by Gasteiger charge is 2.25. The van der Waals surface area contributed by atoms with Crippen LogP contribution in [0.25, 0.3) is 11.0 Å². The lowest BCUT2D eigenvalue weighted by Crippen LogP contribution is -2.37. The normalized spacial score (nSPS) is 15.1. The molecule has 10 nitrogen and oxygen atoms in total. The van der Waals surface area contributed by atoms with Crippen LogP contribution >= 0.6 is 0 Å². The molecule has 37 heavy (non-hydrogen) atoms. The highest BCUT2D eigenvalue weighted by atomic mass is 19.1. The lowest BCUT2D eigenvalue weighted by Gasteiger charge is -2.17. The lowest BCUT2D eigenvalue weighted by molar-refractivity contribution is 0.0854. The average molecular weight is 513 g/mol. The molecule has 3 aromatic rings. The van der Waals surface area contributed by atoms with Crippen LogP contribution in [0.15, 0.2) is 41.3 Å². The number of ether oxygens (including phenoxy) is 1. The summed E-state index contributed by atoms with van der Waals surface area (Å²) < 4.78 is 20.1. The van der Waals surface area contributed by atoms with Crippen LogP contribution in [0.1, 0.15) is 40.7 Å². The number of pyridine rings is 2. The second-order valence-corrected chi connectivity index (χ2v) is 9.10. The van der Waals surface area contributed by atoms with E-state index in [2.05, 4.69) is 10.3 Å². The quantitative estimate of drug-likeness (QED) is 0.401. The van der Waals surface area contributed by atoms with E-state index in [0.29, 0.717) is 30.5 Å². The molecule has 1 saturated heterocycles. The van der Waals surface area contributed by atoms with Crippen molar-refractivity contribution in [1.29, 1.82) is 0 Å². The van der Waals surface area contributed by atoms with Crippen LogP contribution in [0.3, 0.4) is 0 Å². The van der Waals surface area contributed by atoms with Crippen molar-refractivity contribution in [3.8, 4) is 5.75 Å². The molecule has 0 saturated carbocycles. The molecule has 11 heteroatoms. The van der Waals surface area contributed by atoms with Gasteiger partial charge in [0.25, 0.3) is 11.5 Å². The fourth-order valence-electron chi connectivity index (χ4n) is 4.37. The first kappa shape index (κ1) is 26.1.